The van der Waals surface area contributed by atoms with E-state index in [9.17, 15) is 18.0 Å². The van der Waals surface area contributed by atoms with Gasteiger partial charge in [0.1, 0.15) is 0 Å². The van der Waals surface area contributed by atoms with Crippen molar-refractivity contribution in [1.29, 1.82) is 0 Å². The summed E-state index contributed by atoms with van der Waals surface area (Å²) in [6, 6.07) is 12.0. The first kappa shape index (κ1) is 16.9. The summed E-state index contributed by atoms with van der Waals surface area (Å²) < 4.78 is 38.0. The number of nitrogens with zero attached hydrogens (tertiary/aromatic N) is 1. The number of thioether (sulfide) groups is 1. The molecule has 2 nitrogen and oxygen atoms in total. The summed E-state index contributed by atoms with van der Waals surface area (Å²) in [4.78, 5) is 15.5. The Kier molecular flexibility index (Phi) is 4.58. The second kappa shape index (κ2) is 6.51. The monoisotopic (exact) mass is 351 g/mol. The molecule has 0 unspecified atom stereocenters. The van der Waals surface area contributed by atoms with Crippen molar-refractivity contribution < 1.29 is 18.0 Å². The number of para-hydroxylation sites is 1. The number of anilines is 1. The van der Waals surface area contributed by atoms with Crippen molar-refractivity contribution in [2.24, 2.45) is 0 Å². The average Bonchev–Trinajstić information content (AvgIpc) is 2.72. The van der Waals surface area contributed by atoms with E-state index in [-0.39, 0.29) is 11.5 Å². The van der Waals surface area contributed by atoms with Gasteiger partial charge in [-0.2, -0.15) is 13.2 Å². The van der Waals surface area contributed by atoms with Crippen LogP contribution in [0.25, 0.3) is 0 Å². The van der Waals surface area contributed by atoms with Crippen LogP contribution < -0.4 is 4.90 Å². The molecule has 1 aliphatic rings. The van der Waals surface area contributed by atoms with E-state index < -0.39 is 11.7 Å². The van der Waals surface area contributed by atoms with Gasteiger partial charge < -0.3 is 4.90 Å². The third-order valence-electron chi connectivity index (χ3n) is 3.95. The maximum Gasteiger partial charge on any atom is 0.416 e. The molecule has 1 atom stereocenters. The maximum absolute atomic E-state index is 12.8. The van der Waals surface area contributed by atoms with Gasteiger partial charge >= 0.3 is 6.18 Å². The summed E-state index contributed by atoms with van der Waals surface area (Å²) in [6.45, 7) is 2.65. The smallest absolute Gasteiger partial charge is 0.307 e. The lowest BCUT2D eigenvalue weighted by Crippen LogP contribution is -2.32. The predicted octanol–water partition coefficient (Wildman–Crippen LogP) is 5.24. The summed E-state index contributed by atoms with van der Waals surface area (Å²) in [6.07, 6.45) is -3.57. The number of rotatable bonds is 1. The first-order valence-electron chi connectivity index (χ1n) is 7.61. The van der Waals surface area contributed by atoms with Gasteiger partial charge in [0.15, 0.2) is 0 Å². The fourth-order valence-electron chi connectivity index (χ4n) is 2.66. The summed E-state index contributed by atoms with van der Waals surface area (Å²) in [7, 11) is 0. The number of hydrogen-bond acceptors (Lipinski definition) is 2. The molecule has 126 valence electrons. The highest BCUT2D eigenvalue weighted by molar-refractivity contribution is 8.00. The van der Waals surface area contributed by atoms with Crippen molar-refractivity contribution in [2.75, 3.05) is 11.4 Å². The highest BCUT2D eigenvalue weighted by atomic mass is 32.2. The summed E-state index contributed by atoms with van der Waals surface area (Å²) in [5.41, 5.74) is 0.327. The number of amides is 1. The summed E-state index contributed by atoms with van der Waals surface area (Å²) in [5, 5.41) is 0.372. The van der Waals surface area contributed by atoms with Gasteiger partial charge in [-0.3, -0.25) is 4.79 Å². The Bertz CT molecular complexity index is 743. The summed E-state index contributed by atoms with van der Waals surface area (Å²) >= 11 is 1.71. The molecule has 24 heavy (non-hydrogen) atoms. The zero-order chi connectivity index (χ0) is 17.3. The molecular weight excluding hydrogens is 335 g/mol. The fourth-order valence-corrected chi connectivity index (χ4v) is 3.77. The zero-order valence-electron chi connectivity index (χ0n) is 13.0. The van der Waals surface area contributed by atoms with Crippen molar-refractivity contribution in [3.8, 4) is 0 Å². The van der Waals surface area contributed by atoms with Crippen LogP contribution in [0.4, 0.5) is 18.9 Å². The largest absolute Gasteiger partial charge is 0.416 e. The Hall–Kier alpha value is -1.95. The van der Waals surface area contributed by atoms with Crippen LogP contribution in [0.15, 0.2) is 53.4 Å². The van der Waals surface area contributed by atoms with E-state index >= 15 is 0 Å². The third-order valence-corrected chi connectivity index (χ3v) is 5.18. The van der Waals surface area contributed by atoms with E-state index in [2.05, 4.69) is 6.92 Å². The van der Waals surface area contributed by atoms with E-state index in [0.717, 1.165) is 29.1 Å². The number of carbonyl (C=O) groups excluding carboxylic acids is 1. The first-order chi connectivity index (χ1) is 11.4. The molecule has 1 amide bonds. The molecule has 0 aromatic heterocycles. The van der Waals surface area contributed by atoms with Crippen molar-refractivity contribution in [1.82, 2.24) is 0 Å². The average molecular weight is 351 g/mol. The maximum atomic E-state index is 12.8. The van der Waals surface area contributed by atoms with Crippen molar-refractivity contribution in [3.63, 3.8) is 0 Å². The Morgan fingerprint density at radius 1 is 1.12 bits per heavy atom. The van der Waals surface area contributed by atoms with E-state index in [1.165, 1.54) is 12.1 Å². The van der Waals surface area contributed by atoms with Crippen LogP contribution >= 0.6 is 11.8 Å². The molecule has 0 aliphatic carbocycles. The third kappa shape index (κ3) is 3.43. The molecule has 0 N–H and O–H groups in total. The molecule has 0 saturated heterocycles. The normalized spacial score (nSPS) is 18.0. The van der Waals surface area contributed by atoms with Gasteiger partial charge in [0.2, 0.25) is 0 Å². The van der Waals surface area contributed by atoms with Gasteiger partial charge in [0, 0.05) is 22.3 Å². The minimum Gasteiger partial charge on any atom is -0.307 e. The Morgan fingerprint density at radius 3 is 2.46 bits per heavy atom. The van der Waals surface area contributed by atoms with Gasteiger partial charge in [-0.05, 0) is 42.8 Å². The number of benzene rings is 2. The molecule has 2 aromatic carbocycles. The van der Waals surface area contributed by atoms with Crippen molar-refractivity contribution in [3.05, 3.63) is 59.7 Å². The highest BCUT2D eigenvalue weighted by Crippen LogP contribution is 2.38. The predicted molar refractivity (Wildman–Crippen MR) is 89.5 cm³/mol. The second-order valence-corrected chi connectivity index (χ2v) is 7.20. The lowest BCUT2D eigenvalue weighted by Gasteiger charge is -2.22. The van der Waals surface area contributed by atoms with Crippen LogP contribution in [-0.4, -0.2) is 17.7 Å². The molecule has 0 spiro atoms. The number of halogens is 3. The van der Waals surface area contributed by atoms with E-state index in [4.69, 9.17) is 0 Å². The topological polar surface area (TPSA) is 20.3 Å². The molecule has 1 heterocycles. The molecule has 2 aromatic rings. The van der Waals surface area contributed by atoms with Gasteiger partial charge in [-0.15, -0.1) is 11.8 Å². The molecule has 0 fully saturated rings. The molecular formula is C18H16F3NOS. The SMILES string of the molecule is C[C@@H]1CCN(C(=O)c2ccc(C(F)(F)F)cc2)c2ccccc2S1. The van der Waals surface area contributed by atoms with Gasteiger partial charge in [-0.25, -0.2) is 0 Å². The number of fused-ring (bicyclic) bond motifs is 1. The van der Waals surface area contributed by atoms with Crippen LogP contribution in [0.1, 0.15) is 29.3 Å². The van der Waals surface area contributed by atoms with Gasteiger partial charge in [0.05, 0.1) is 11.3 Å². The number of alkyl halides is 3. The second-order valence-electron chi connectivity index (χ2n) is 5.72. The first-order valence-corrected chi connectivity index (χ1v) is 8.49. The van der Waals surface area contributed by atoms with Crippen LogP contribution in [0.5, 0.6) is 0 Å². The van der Waals surface area contributed by atoms with Crippen LogP contribution in [0.2, 0.25) is 0 Å². The zero-order valence-corrected chi connectivity index (χ0v) is 13.8. The highest BCUT2D eigenvalue weighted by Gasteiger charge is 2.31. The number of carbonyl (C=O) groups is 1. The minimum atomic E-state index is -4.40. The lowest BCUT2D eigenvalue weighted by molar-refractivity contribution is -0.137. The van der Waals surface area contributed by atoms with Crippen LogP contribution in [-0.2, 0) is 6.18 Å². The Labute approximate surface area is 142 Å². The molecule has 3 rings (SSSR count). The molecule has 6 heteroatoms. The van der Waals surface area contributed by atoms with Crippen molar-refractivity contribution >= 4 is 23.4 Å². The minimum absolute atomic E-state index is 0.261. The Morgan fingerprint density at radius 2 is 1.79 bits per heavy atom. The van der Waals surface area contributed by atoms with E-state index in [1.54, 1.807) is 16.7 Å². The van der Waals surface area contributed by atoms with Crippen LogP contribution in [0.3, 0.4) is 0 Å². The van der Waals surface area contributed by atoms with Gasteiger partial charge in [-0.1, -0.05) is 19.1 Å². The van der Waals surface area contributed by atoms with Gasteiger partial charge in [0.25, 0.3) is 5.91 Å². The van der Waals surface area contributed by atoms with Crippen LogP contribution in [0, 0.1) is 0 Å². The molecule has 0 radical (unpaired) electrons. The Balaban J connectivity index is 1.92. The van der Waals surface area contributed by atoms with E-state index in [0.29, 0.717) is 11.8 Å². The lowest BCUT2D eigenvalue weighted by atomic mass is 10.1. The quantitative estimate of drug-likeness (QED) is 0.701. The summed E-state index contributed by atoms with van der Waals surface area (Å²) in [5.74, 6) is -0.272. The standard InChI is InChI=1S/C18H16F3NOS/c1-12-10-11-22(15-4-2-3-5-16(15)24-12)17(23)13-6-8-14(9-7-13)18(19,20)21/h2-9,12H,10-11H2,1H3/t12-/m1/s1. The van der Waals surface area contributed by atoms with Crippen molar-refractivity contribution in [2.45, 2.75) is 29.7 Å². The molecule has 0 saturated carbocycles. The fraction of sp³-hybridized carbons (Fsp3) is 0.278. The van der Waals surface area contributed by atoms with E-state index in [1.807, 2.05) is 24.3 Å². The molecule has 1 aliphatic heterocycles. The number of hydrogen-bond donors (Lipinski definition) is 0. The molecule has 0 bridgehead atoms.